The number of hydrogen-bond donors (Lipinski definition) is 0. The normalized spacial score (nSPS) is 11.3. The minimum atomic E-state index is -1.11. The molecule has 0 aromatic heterocycles. The average Bonchev–Trinajstić information content (AvgIpc) is 1.84. The minimum Gasteiger partial charge on any atom is -0.545 e. The molecule has 0 saturated carbocycles. The van der Waals surface area contributed by atoms with Crippen molar-refractivity contribution in [1.82, 2.24) is 0 Å². The SMILES string of the molecule is C=C(C)CCC/C(C)=C/C(=O)[O-]. The Morgan fingerprint density at radius 1 is 1.42 bits per heavy atom. The first-order valence-electron chi connectivity index (χ1n) is 4.05. The van der Waals surface area contributed by atoms with Gasteiger partial charge in [-0.3, -0.25) is 0 Å². The van der Waals surface area contributed by atoms with Crippen LogP contribution in [0.15, 0.2) is 23.8 Å². The van der Waals surface area contributed by atoms with E-state index in [-0.39, 0.29) is 0 Å². The summed E-state index contributed by atoms with van der Waals surface area (Å²) >= 11 is 0. The van der Waals surface area contributed by atoms with Crippen molar-refractivity contribution in [2.45, 2.75) is 33.1 Å². The van der Waals surface area contributed by atoms with E-state index in [4.69, 9.17) is 0 Å². The lowest BCUT2D eigenvalue weighted by atomic mass is 10.1. The molecule has 0 bridgehead atoms. The van der Waals surface area contributed by atoms with Gasteiger partial charge in [0.05, 0.1) is 5.97 Å². The van der Waals surface area contributed by atoms with E-state index in [0.29, 0.717) is 0 Å². The zero-order chi connectivity index (χ0) is 9.56. The molecule has 2 nitrogen and oxygen atoms in total. The molecule has 0 spiro atoms. The van der Waals surface area contributed by atoms with E-state index in [0.717, 1.165) is 36.5 Å². The summed E-state index contributed by atoms with van der Waals surface area (Å²) in [5.74, 6) is -1.11. The van der Waals surface area contributed by atoms with Gasteiger partial charge in [-0.15, -0.1) is 6.58 Å². The Labute approximate surface area is 73.6 Å². The second-order valence-corrected chi connectivity index (χ2v) is 3.12. The van der Waals surface area contributed by atoms with Gasteiger partial charge in [-0.1, -0.05) is 11.1 Å². The molecule has 0 heterocycles. The van der Waals surface area contributed by atoms with Gasteiger partial charge in [0.2, 0.25) is 0 Å². The van der Waals surface area contributed by atoms with Crippen LogP contribution in [-0.4, -0.2) is 5.97 Å². The third-order valence-corrected chi connectivity index (χ3v) is 1.54. The molecule has 0 N–H and O–H groups in total. The molecule has 0 saturated heterocycles. The average molecular weight is 167 g/mol. The maximum absolute atomic E-state index is 10.1. The van der Waals surface area contributed by atoms with Crippen LogP contribution in [0, 0.1) is 0 Å². The summed E-state index contributed by atoms with van der Waals surface area (Å²) in [6, 6.07) is 0. The van der Waals surface area contributed by atoms with E-state index in [1.807, 2.05) is 6.92 Å². The maximum Gasteiger partial charge on any atom is 0.0642 e. The maximum atomic E-state index is 10.1. The van der Waals surface area contributed by atoms with E-state index >= 15 is 0 Å². The summed E-state index contributed by atoms with van der Waals surface area (Å²) in [4.78, 5) is 10.1. The standard InChI is InChI=1S/C10H16O2/c1-8(2)5-4-6-9(3)7-10(11)12/h7H,1,4-6H2,2-3H3,(H,11,12)/p-1/b9-7+. The Hall–Kier alpha value is -1.05. The fourth-order valence-electron chi connectivity index (χ4n) is 0.942. The smallest absolute Gasteiger partial charge is 0.0642 e. The van der Waals surface area contributed by atoms with E-state index in [1.54, 1.807) is 6.92 Å². The molecule has 0 fully saturated rings. The molecule has 68 valence electrons. The molecular formula is C10H15O2-. The zero-order valence-corrected chi connectivity index (χ0v) is 7.72. The van der Waals surface area contributed by atoms with Crippen LogP contribution in [0.25, 0.3) is 0 Å². The van der Waals surface area contributed by atoms with E-state index < -0.39 is 5.97 Å². The zero-order valence-electron chi connectivity index (χ0n) is 7.72. The number of carbonyl (C=O) groups excluding carboxylic acids is 1. The Morgan fingerprint density at radius 3 is 2.42 bits per heavy atom. The fraction of sp³-hybridized carbons (Fsp3) is 0.500. The number of carboxylic acids is 1. The number of hydrogen-bond acceptors (Lipinski definition) is 2. The highest BCUT2D eigenvalue weighted by Crippen LogP contribution is 2.09. The molecule has 0 aromatic carbocycles. The van der Waals surface area contributed by atoms with Gasteiger partial charge in [-0.2, -0.15) is 0 Å². The van der Waals surface area contributed by atoms with Crippen LogP contribution in [0.5, 0.6) is 0 Å². The van der Waals surface area contributed by atoms with Crippen molar-refractivity contribution < 1.29 is 9.90 Å². The van der Waals surface area contributed by atoms with Gasteiger partial charge in [0.15, 0.2) is 0 Å². The second kappa shape index (κ2) is 5.58. The number of allylic oxidation sites excluding steroid dienone is 2. The lowest BCUT2D eigenvalue weighted by Crippen LogP contribution is -2.19. The lowest BCUT2D eigenvalue weighted by Gasteiger charge is -2.01. The molecule has 0 unspecified atom stereocenters. The third-order valence-electron chi connectivity index (χ3n) is 1.54. The largest absolute Gasteiger partial charge is 0.545 e. The van der Waals surface area contributed by atoms with Gasteiger partial charge in [0.1, 0.15) is 0 Å². The highest BCUT2D eigenvalue weighted by molar-refractivity contribution is 5.78. The van der Waals surface area contributed by atoms with Crippen molar-refractivity contribution in [1.29, 1.82) is 0 Å². The minimum absolute atomic E-state index is 0.806. The van der Waals surface area contributed by atoms with Crippen molar-refractivity contribution in [2.24, 2.45) is 0 Å². The van der Waals surface area contributed by atoms with Crippen molar-refractivity contribution in [3.05, 3.63) is 23.8 Å². The van der Waals surface area contributed by atoms with Crippen LogP contribution >= 0.6 is 0 Å². The molecule has 0 aromatic rings. The molecule has 0 aliphatic heterocycles. The molecule has 0 amide bonds. The summed E-state index contributed by atoms with van der Waals surface area (Å²) in [5, 5.41) is 10.1. The van der Waals surface area contributed by atoms with Crippen LogP contribution in [0.1, 0.15) is 33.1 Å². The highest BCUT2D eigenvalue weighted by atomic mass is 16.4. The fourth-order valence-corrected chi connectivity index (χ4v) is 0.942. The van der Waals surface area contributed by atoms with Gasteiger partial charge < -0.3 is 9.90 Å². The lowest BCUT2D eigenvalue weighted by molar-refractivity contribution is -0.297. The summed E-state index contributed by atoms with van der Waals surface area (Å²) < 4.78 is 0. The first-order valence-corrected chi connectivity index (χ1v) is 4.05. The molecule has 0 aliphatic rings. The first kappa shape index (κ1) is 11.0. The summed E-state index contributed by atoms with van der Waals surface area (Å²) in [6.07, 6.45) is 3.88. The number of carboxylic acid groups (broad SMARTS) is 1. The topological polar surface area (TPSA) is 40.1 Å². The first-order chi connectivity index (χ1) is 5.52. The Morgan fingerprint density at radius 2 is 2.00 bits per heavy atom. The van der Waals surface area contributed by atoms with Crippen molar-refractivity contribution in [2.75, 3.05) is 0 Å². The second-order valence-electron chi connectivity index (χ2n) is 3.12. The quantitative estimate of drug-likeness (QED) is 0.459. The third kappa shape index (κ3) is 7.06. The van der Waals surface area contributed by atoms with Crippen LogP contribution in [0.2, 0.25) is 0 Å². The summed E-state index contributed by atoms with van der Waals surface area (Å²) in [5.41, 5.74) is 1.99. The number of aliphatic carboxylic acids is 1. The summed E-state index contributed by atoms with van der Waals surface area (Å²) in [7, 11) is 0. The number of rotatable bonds is 5. The van der Waals surface area contributed by atoms with E-state index in [2.05, 4.69) is 6.58 Å². The number of carbonyl (C=O) groups is 1. The van der Waals surface area contributed by atoms with Crippen molar-refractivity contribution in [3.63, 3.8) is 0 Å². The van der Waals surface area contributed by atoms with Gasteiger partial charge >= 0.3 is 0 Å². The van der Waals surface area contributed by atoms with Crippen LogP contribution in [-0.2, 0) is 4.79 Å². The van der Waals surface area contributed by atoms with Crippen LogP contribution < -0.4 is 5.11 Å². The summed E-state index contributed by atoms with van der Waals surface area (Å²) in [6.45, 7) is 7.53. The predicted octanol–water partition coefficient (Wildman–Crippen LogP) is 1.43. The molecule has 0 atom stereocenters. The van der Waals surface area contributed by atoms with Crippen molar-refractivity contribution in [3.8, 4) is 0 Å². The molecule has 0 aliphatic carbocycles. The van der Waals surface area contributed by atoms with Crippen molar-refractivity contribution >= 4 is 5.97 Å². The molecular weight excluding hydrogens is 152 g/mol. The Bertz CT molecular complexity index is 202. The van der Waals surface area contributed by atoms with Crippen LogP contribution in [0.3, 0.4) is 0 Å². The van der Waals surface area contributed by atoms with E-state index in [9.17, 15) is 9.90 Å². The van der Waals surface area contributed by atoms with Crippen LogP contribution in [0.4, 0.5) is 0 Å². The molecule has 0 rings (SSSR count). The van der Waals surface area contributed by atoms with Gasteiger partial charge in [0, 0.05) is 0 Å². The van der Waals surface area contributed by atoms with Gasteiger partial charge in [-0.25, -0.2) is 0 Å². The molecule has 12 heavy (non-hydrogen) atoms. The van der Waals surface area contributed by atoms with E-state index in [1.165, 1.54) is 0 Å². The monoisotopic (exact) mass is 167 g/mol. The highest BCUT2D eigenvalue weighted by Gasteiger charge is 1.91. The molecule has 2 heteroatoms. The van der Waals surface area contributed by atoms with Gasteiger partial charge in [0.25, 0.3) is 0 Å². The Balaban J connectivity index is 3.64. The predicted molar refractivity (Wildman–Crippen MR) is 47.4 cm³/mol. The Kier molecular flexibility index (Phi) is 5.09. The van der Waals surface area contributed by atoms with Gasteiger partial charge in [-0.05, 0) is 39.2 Å². The molecule has 0 radical (unpaired) electrons.